The molecule has 0 unspecified atom stereocenters. The summed E-state index contributed by atoms with van der Waals surface area (Å²) >= 11 is 0. The van der Waals surface area contributed by atoms with Gasteiger partial charge in [-0.3, -0.25) is 0 Å². The van der Waals surface area contributed by atoms with Crippen molar-refractivity contribution < 1.29 is 0 Å². The number of aromatic nitrogens is 2. The molecule has 0 aliphatic carbocycles. The quantitative estimate of drug-likeness (QED) is 0.819. The maximum absolute atomic E-state index is 5.67. The molecule has 3 nitrogen and oxygen atoms in total. The van der Waals surface area contributed by atoms with Crippen LogP contribution >= 0.6 is 0 Å². The molecule has 0 spiro atoms. The minimum atomic E-state index is 0.518. The van der Waals surface area contributed by atoms with E-state index in [1.54, 1.807) is 0 Å². The van der Waals surface area contributed by atoms with Crippen molar-refractivity contribution in [1.82, 2.24) is 9.55 Å². The molecular weight excluding hydrogens is 210 g/mol. The summed E-state index contributed by atoms with van der Waals surface area (Å²) in [5, 5.41) is 0. The third-order valence-electron chi connectivity index (χ3n) is 2.96. The van der Waals surface area contributed by atoms with Crippen LogP contribution in [0, 0.1) is 0 Å². The fourth-order valence-electron chi connectivity index (χ4n) is 1.93. The molecule has 17 heavy (non-hydrogen) atoms. The smallest absolute Gasteiger partial charge is 0.0948 e. The van der Waals surface area contributed by atoms with Crippen LogP contribution in [0.2, 0.25) is 0 Å². The molecule has 0 amide bonds. The van der Waals surface area contributed by atoms with Crippen LogP contribution in [0.3, 0.4) is 0 Å². The van der Waals surface area contributed by atoms with Gasteiger partial charge in [-0.05, 0) is 30.0 Å². The molecule has 2 aromatic rings. The summed E-state index contributed by atoms with van der Waals surface area (Å²) in [5.74, 6) is 0.518. The van der Waals surface area contributed by atoms with Crippen molar-refractivity contribution in [2.75, 3.05) is 5.73 Å². The topological polar surface area (TPSA) is 43.8 Å². The first kappa shape index (κ1) is 11.7. The second-order valence-electron chi connectivity index (χ2n) is 4.66. The van der Waals surface area contributed by atoms with Crippen LogP contribution in [0.15, 0.2) is 36.8 Å². The summed E-state index contributed by atoms with van der Waals surface area (Å²) < 4.78 is 2.22. The Morgan fingerprint density at radius 1 is 1.24 bits per heavy atom. The third-order valence-corrected chi connectivity index (χ3v) is 2.96. The number of aryl methyl sites for hydroxylation is 2. The largest absolute Gasteiger partial charge is 0.399 e. The highest BCUT2D eigenvalue weighted by atomic mass is 15.0. The summed E-state index contributed by atoms with van der Waals surface area (Å²) in [6, 6.07) is 8.07. The molecule has 0 bridgehead atoms. The normalized spacial score (nSPS) is 11.0. The number of imidazole rings is 1. The van der Waals surface area contributed by atoms with Gasteiger partial charge in [0.2, 0.25) is 0 Å². The Morgan fingerprint density at radius 2 is 1.94 bits per heavy atom. The summed E-state index contributed by atoms with van der Waals surface area (Å²) in [6.45, 7) is 5.35. The van der Waals surface area contributed by atoms with E-state index in [-0.39, 0.29) is 0 Å². The van der Waals surface area contributed by atoms with Gasteiger partial charge in [-0.15, -0.1) is 0 Å². The number of nitrogens with two attached hydrogens (primary N) is 1. The van der Waals surface area contributed by atoms with Crippen LogP contribution in [-0.2, 0) is 13.0 Å². The lowest BCUT2D eigenvalue weighted by molar-refractivity contribution is 0.633. The van der Waals surface area contributed by atoms with E-state index in [1.165, 1.54) is 11.3 Å². The van der Waals surface area contributed by atoms with E-state index in [0.29, 0.717) is 5.92 Å². The lowest BCUT2D eigenvalue weighted by Gasteiger charge is -2.10. The second kappa shape index (κ2) is 5.04. The first-order valence-corrected chi connectivity index (χ1v) is 6.01. The predicted molar refractivity (Wildman–Crippen MR) is 70.9 cm³/mol. The van der Waals surface area contributed by atoms with Crippen LogP contribution in [0.25, 0.3) is 0 Å². The molecule has 2 N–H and O–H groups in total. The second-order valence-corrected chi connectivity index (χ2v) is 4.66. The minimum absolute atomic E-state index is 0.518. The molecule has 0 aliphatic heterocycles. The molecule has 0 saturated carbocycles. The van der Waals surface area contributed by atoms with E-state index < -0.39 is 0 Å². The van der Waals surface area contributed by atoms with Gasteiger partial charge < -0.3 is 10.3 Å². The zero-order valence-electron chi connectivity index (χ0n) is 10.4. The monoisotopic (exact) mass is 229 g/mol. The molecule has 0 fully saturated rings. The van der Waals surface area contributed by atoms with Crippen molar-refractivity contribution in [2.45, 2.75) is 32.7 Å². The van der Waals surface area contributed by atoms with Crippen LogP contribution < -0.4 is 5.73 Å². The van der Waals surface area contributed by atoms with E-state index in [9.17, 15) is 0 Å². The van der Waals surface area contributed by atoms with Gasteiger partial charge in [0.25, 0.3) is 0 Å². The van der Waals surface area contributed by atoms with Gasteiger partial charge in [-0.2, -0.15) is 0 Å². The number of nitrogens with zero attached hydrogens (tertiary/aromatic N) is 2. The first-order chi connectivity index (χ1) is 8.16. The number of hydrogen-bond acceptors (Lipinski definition) is 2. The number of rotatable bonds is 4. The van der Waals surface area contributed by atoms with Gasteiger partial charge in [0.15, 0.2) is 0 Å². The van der Waals surface area contributed by atoms with Crippen molar-refractivity contribution in [3.63, 3.8) is 0 Å². The van der Waals surface area contributed by atoms with Gasteiger partial charge in [0, 0.05) is 24.1 Å². The third kappa shape index (κ3) is 2.87. The Bertz CT molecular complexity index is 468. The van der Waals surface area contributed by atoms with Crippen molar-refractivity contribution >= 4 is 5.69 Å². The van der Waals surface area contributed by atoms with Crippen LogP contribution in [-0.4, -0.2) is 9.55 Å². The van der Waals surface area contributed by atoms with Gasteiger partial charge in [0.1, 0.15) is 0 Å². The van der Waals surface area contributed by atoms with Crippen LogP contribution in [0.1, 0.15) is 31.0 Å². The van der Waals surface area contributed by atoms with E-state index in [4.69, 9.17) is 5.73 Å². The predicted octanol–water partition coefficient (Wildman–Crippen LogP) is 2.83. The summed E-state index contributed by atoms with van der Waals surface area (Å²) in [5.41, 5.74) is 9.08. The Hall–Kier alpha value is -1.77. The maximum Gasteiger partial charge on any atom is 0.0948 e. The summed E-state index contributed by atoms with van der Waals surface area (Å²) in [6.07, 6.45) is 4.87. The maximum atomic E-state index is 5.67. The molecule has 90 valence electrons. The molecule has 1 aromatic heterocycles. The molecule has 0 aliphatic rings. The molecule has 2 rings (SSSR count). The summed E-state index contributed by atoms with van der Waals surface area (Å²) in [4.78, 5) is 4.21. The number of benzene rings is 1. The average molecular weight is 229 g/mol. The van der Waals surface area contributed by atoms with Crippen molar-refractivity contribution in [1.29, 1.82) is 0 Å². The highest BCUT2D eigenvalue weighted by molar-refractivity contribution is 5.39. The SMILES string of the molecule is CC(C)c1cncn1CCc1ccc(N)cc1. The molecule has 1 aromatic carbocycles. The van der Waals surface area contributed by atoms with Crippen molar-refractivity contribution in [3.8, 4) is 0 Å². The summed E-state index contributed by atoms with van der Waals surface area (Å²) in [7, 11) is 0. The average Bonchev–Trinajstić information content (AvgIpc) is 2.76. The zero-order valence-corrected chi connectivity index (χ0v) is 10.4. The van der Waals surface area contributed by atoms with Gasteiger partial charge in [-0.25, -0.2) is 4.98 Å². The highest BCUT2D eigenvalue weighted by Crippen LogP contribution is 2.14. The van der Waals surface area contributed by atoms with Crippen LogP contribution in [0.4, 0.5) is 5.69 Å². The Balaban J connectivity index is 2.02. The molecule has 3 heteroatoms. The molecule has 0 atom stereocenters. The highest BCUT2D eigenvalue weighted by Gasteiger charge is 2.05. The zero-order chi connectivity index (χ0) is 12.3. The minimum Gasteiger partial charge on any atom is -0.399 e. The first-order valence-electron chi connectivity index (χ1n) is 6.01. The fraction of sp³-hybridized carbons (Fsp3) is 0.357. The van der Waals surface area contributed by atoms with E-state index in [2.05, 4.69) is 35.5 Å². The van der Waals surface area contributed by atoms with Gasteiger partial charge in [-0.1, -0.05) is 26.0 Å². The van der Waals surface area contributed by atoms with Gasteiger partial charge in [0.05, 0.1) is 6.33 Å². The fourth-order valence-corrected chi connectivity index (χ4v) is 1.93. The van der Waals surface area contributed by atoms with E-state index in [0.717, 1.165) is 18.7 Å². The number of nitrogen functional groups attached to an aromatic ring is 1. The van der Waals surface area contributed by atoms with Crippen molar-refractivity contribution in [2.24, 2.45) is 0 Å². The molecule has 0 saturated heterocycles. The van der Waals surface area contributed by atoms with E-state index >= 15 is 0 Å². The van der Waals surface area contributed by atoms with Gasteiger partial charge >= 0.3 is 0 Å². The Labute approximate surface area is 102 Å². The van der Waals surface area contributed by atoms with Crippen LogP contribution in [0.5, 0.6) is 0 Å². The molecule has 1 heterocycles. The Kier molecular flexibility index (Phi) is 3.47. The Morgan fingerprint density at radius 3 is 2.59 bits per heavy atom. The standard InChI is InChI=1S/C14H19N3/c1-11(2)14-9-16-10-17(14)8-7-12-3-5-13(15)6-4-12/h3-6,9-11H,7-8,15H2,1-2H3. The lowest BCUT2D eigenvalue weighted by atomic mass is 10.1. The number of anilines is 1. The molecular formula is C14H19N3. The van der Waals surface area contributed by atoms with Crippen molar-refractivity contribution in [3.05, 3.63) is 48.0 Å². The lowest BCUT2D eigenvalue weighted by Crippen LogP contribution is -2.05. The van der Waals surface area contributed by atoms with E-state index in [1.807, 2.05) is 24.7 Å². The molecule has 0 radical (unpaired) electrons. The number of hydrogen-bond donors (Lipinski definition) is 1.